The number of benzene rings is 1. The second kappa shape index (κ2) is 5.16. The molecule has 1 heterocycles. The molecular formula is C14H17N3S. The van der Waals surface area contributed by atoms with Gasteiger partial charge in [0.05, 0.1) is 29.7 Å². The van der Waals surface area contributed by atoms with Crippen LogP contribution >= 0.6 is 11.7 Å². The van der Waals surface area contributed by atoms with Gasteiger partial charge in [0, 0.05) is 0 Å². The van der Waals surface area contributed by atoms with Crippen molar-refractivity contribution in [2.24, 2.45) is 0 Å². The largest absolute Gasteiger partial charge is 0.308 e. The Kier molecular flexibility index (Phi) is 3.39. The fourth-order valence-electron chi connectivity index (χ4n) is 2.52. The molecule has 1 N–H and O–H groups in total. The molecule has 3 nitrogen and oxygen atoms in total. The number of rotatable bonds is 4. The van der Waals surface area contributed by atoms with Crippen molar-refractivity contribution in [2.75, 3.05) is 7.05 Å². The monoisotopic (exact) mass is 259 g/mol. The van der Waals surface area contributed by atoms with Crippen molar-refractivity contribution in [3.63, 3.8) is 0 Å². The summed E-state index contributed by atoms with van der Waals surface area (Å²) in [6, 6.07) is 9.06. The van der Waals surface area contributed by atoms with Gasteiger partial charge in [-0.15, -0.1) is 0 Å². The molecule has 1 aromatic heterocycles. The van der Waals surface area contributed by atoms with Gasteiger partial charge in [-0.2, -0.15) is 8.75 Å². The van der Waals surface area contributed by atoms with Crippen LogP contribution in [0.1, 0.15) is 48.0 Å². The maximum atomic E-state index is 4.34. The van der Waals surface area contributed by atoms with Crippen LogP contribution in [0.2, 0.25) is 0 Å². The van der Waals surface area contributed by atoms with Crippen LogP contribution in [0.5, 0.6) is 0 Å². The Hall–Kier alpha value is -1.26. The first-order valence-electron chi connectivity index (χ1n) is 6.43. The summed E-state index contributed by atoms with van der Waals surface area (Å²) in [4.78, 5) is 0. The maximum Gasteiger partial charge on any atom is 0.0957 e. The molecule has 0 radical (unpaired) electrons. The Morgan fingerprint density at radius 2 is 2.28 bits per heavy atom. The molecule has 0 spiro atoms. The number of hydrogen-bond acceptors (Lipinski definition) is 4. The van der Waals surface area contributed by atoms with Crippen molar-refractivity contribution >= 4 is 11.7 Å². The van der Waals surface area contributed by atoms with E-state index in [4.69, 9.17) is 0 Å². The van der Waals surface area contributed by atoms with Crippen LogP contribution in [0.3, 0.4) is 0 Å². The molecule has 1 aromatic carbocycles. The highest BCUT2D eigenvalue weighted by atomic mass is 32.1. The zero-order chi connectivity index (χ0) is 12.4. The minimum absolute atomic E-state index is 0.156. The molecule has 3 rings (SSSR count). The van der Waals surface area contributed by atoms with Gasteiger partial charge < -0.3 is 5.32 Å². The van der Waals surface area contributed by atoms with Gasteiger partial charge in [-0.3, -0.25) is 0 Å². The predicted molar refractivity (Wildman–Crippen MR) is 73.8 cm³/mol. The average molecular weight is 259 g/mol. The lowest BCUT2D eigenvalue weighted by molar-refractivity contribution is 0.419. The van der Waals surface area contributed by atoms with Crippen molar-refractivity contribution < 1.29 is 0 Å². The molecule has 0 saturated heterocycles. The van der Waals surface area contributed by atoms with E-state index in [9.17, 15) is 0 Å². The highest BCUT2D eigenvalue weighted by Crippen LogP contribution is 2.37. The number of nitrogens with one attached hydrogen (secondary N) is 1. The Balaban J connectivity index is 1.90. The molecule has 18 heavy (non-hydrogen) atoms. The lowest BCUT2D eigenvalue weighted by Crippen LogP contribution is -2.18. The van der Waals surface area contributed by atoms with E-state index in [2.05, 4.69) is 38.3 Å². The summed E-state index contributed by atoms with van der Waals surface area (Å²) in [7, 11) is 1.97. The molecule has 0 amide bonds. The zero-order valence-corrected chi connectivity index (χ0v) is 11.3. The van der Waals surface area contributed by atoms with E-state index in [0.29, 0.717) is 0 Å². The lowest BCUT2D eigenvalue weighted by Gasteiger charge is -2.26. The molecule has 1 saturated carbocycles. The summed E-state index contributed by atoms with van der Waals surface area (Å²) in [6.07, 6.45) is 5.90. The normalized spacial score (nSPS) is 17.4. The summed E-state index contributed by atoms with van der Waals surface area (Å²) in [6.45, 7) is 0. The van der Waals surface area contributed by atoms with Crippen LogP contribution < -0.4 is 5.32 Å². The van der Waals surface area contributed by atoms with E-state index >= 15 is 0 Å². The van der Waals surface area contributed by atoms with Crippen LogP contribution in [0.25, 0.3) is 0 Å². The lowest BCUT2D eigenvalue weighted by atomic mass is 9.79. The summed E-state index contributed by atoms with van der Waals surface area (Å²) in [5.74, 6) is 0.774. The van der Waals surface area contributed by atoms with Gasteiger partial charge in [-0.25, -0.2) is 0 Å². The van der Waals surface area contributed by atoms with E-state index in [1.165, 1.54) is 42.1 Å². The first kappa shape index (κ1) is 11.8. The van der Waals surface area contributed by atoms with Crippen LogP contribution in [0.4, 0.5) is 0 Å². The van der Waals surface area contributed by atoms with Crippen molar-refractivity contribution in [1.29, 1.82) is 0 Å². The molecule has 1 aliphatic carbocycles. The maximum absolute atomic E-state index is 4.34. The van der Waals surface area contributed by atoms with Crippen LogP contribution in [0.15, 0.2) is 30.5 Å². The minimum Gasteiger partial charge on any atom is -0.308 e. The fourth-order valence-corrected chi connectivity index (χ4v) is 2.97. The van der Waals surface area contributed by atoms with Crippen molar-refractivity contribution in [3.05, 3.63) is 47.3 Å². The quantitative estimate of drug-likeness (QED) is 0.916. The van der Waals surface area contributed by atoms with Gasteiger partial charge in [-0.1, -0.05) is 30.7 Å². The SMILES string of the molecule is CNC(c1cccc(C2CCC2)c1)c1cnsn1. The van der Waals surface area contributed by atoms with E-state index in [1.807, 2.05) is 13.2 Å². The third-order valence-electron chi connectivity index (χ3n) is 3.78. The Morgan fingerprint density at radius 1 is 1.39 bits per heavy atom. The van der Waals surface area contributed by atoms with E-state index in [0.717, 1.165) is 11.6 Å². The Morgan fingerprint density at radius 3 is 2.89 bits per heavy atom. The number of hydrogen-bond donors (Lipinski definition) is 1. The third-order valence-corrected chi connectivity index (χ3v) is 4.28. The Bertz CT molecular complexity index is 506. The van der Waals surface area contributed by atoms with Crippen LogP contribution in [-0.2, 0) is 0 Å². The molecule has 1 unspecified atom stereocenters. The predicted octanol–water partition coefficient (Wildman–Crippen LogP) is 3.11. The summed E-state index contributed by atoms with van der Waals surface area (Å²) in [5.41, 5.74) is 3.77. The van der Waals surface area contributed by atoms with E-state index in [1.54, 1.807) is 0 Å². The zero-order valence-electron chi connectivity index (χ0n) is 10.5. The molecular weight excluding hydrogens is 242 g/mol. The van der Waals surface area contributed by atoms with Gasteiger partial charge in [0.25, 0.3) is 0 Å². The first-order valence-corrected chi connectivity index (χ1v) is 7.16. The fraction of sp³-hybridized carbons (Fsp3) is 0.429. The number of nitrogens with zero attached hydrogens (tertiary/aromatic N) is 2. The first-order chi connectivity index (χ1) is 8.88. The molecule has 0 bridgehead atoms. The molecule has 94 valence electrons. The van der Waals surface area contributed by atoms with E-state index < -0.39 is 0 Å². The molecule has 1 atom stereocenters. The van der Waals surface area contributed by atoms with Crippen LogP contribution in [0, 0.1) is 0 Å². The van der Waals surface area contributed by atoms with Gasteiger partial charge in [0.2, 0.25) is 0 Å². The molecule has 4 heteroatoms. The molecule has 0 aliphatic heterocycles. The molecule has 2 aromatic rings. The smallest absolute Gasteiger partial charge is 0.0957 e. The van der Waals surface area contributed by atoms with Crippen molar-refractivity contribution in [2.45, 2.75) is 31.2 Å². The number of aromatic nitrogens is 2. The van der Waals surface area contributed by atoms with Gasteiger partial charge in [-0.05, 0) is 36.9 Å². The Labute approximate surface area is 112 Å². The minimum atomic E-state index is 0.156. The van der Waals surface area contributed by atoms with Crippen LogP contribution in [-0.4, -0.2) is 15.8 Å². The second-order valence-electron chi connectivity index (χ2n) is 4.85. The van der Waals surface area contributed by atoms with Gasteiger partial charge in [0.1, 0.15) is 0 Å². The summed E-state index contributed by atoms with van der Waals surface area (Å²) < 4.78 is 8.43. The van der Waals surface area contributed by atoms with Crippen molar-refractivity contribution in [1.82, 2.24) is 14.1 Å². The van der Waals surface area contributed by atoms with Gasteiger partial charge in [0.15, 0.2) is 0 Å². The standard InChI is InChI=1S/C14H17N3S/c1-15-14(13-9-16-18-17-13)12-7-3-6-11(8-12)10-4-2-5-10/h3,6-10,14-15H,2,4-5H2,1H3. The second-order valence-corrected chi connectivity index (χ2v) is 5.41. The van der Waals surface area contributed by atoms with Crippen molar-refractivity contribution in [3.8, 4) is 0 Å². The summed E-state index contributed by atoms with van der Waals surface area (Å²) in [5, 5.41) is 3.33. The highest BCUT2D eigenvalue weighted by Gasteiger charge is 2.21. The third kappa shape index (κ3) is 2.18. The molecule has 1 aliphatic rings. The highest BCUT2D eigenvalue weighted by molar-refractivity contribution is 6.99. The topological polar surface area (TPSA) is 37.8 Å². The average Bonchev–Trinajstić information content (AvgIpc) is 2.82. The molecule has 1 fully saturated rings. The van der Waals surface area contributed by atoms with Gasteiger partial charge >= 0.3 is 0 Å². The van der Waals surface area contributed by atoms with E-state index in [-0.39, 0.29) is 6.04 Å². The summed E-state index contributed by atoms with van der Waals surface area (Å²) >= 11 is 1.26.